The molecule has 2 N–H and O–H groups in total. The number of nitrogens with one attached hydrogen (secondary N) is 1. The van der Waals surface area contributed by atoms with Crippen molar-refractivity contribution in [2.24, 2.45) is 0 Å². The Morgan fingerprint density at radius 3 is 2.37 bits per heavy atom. The lowest BCUT2D eigenvalue weighted by molar-refractivity contribution is 0.191. The van der Waals surface area contributed by atoms with E-state index in [1.807, 2.05) is 44.2 Å². The lowest BCUT2D eigenvalue weighted by atomic mass is 10.0. The first-order valence-electron chi connectivity index (χ1n) is 6.49. The summed E-state index contributed by atoms with van der Waals surface area (Å²) in [6.07, 6.45) is 0.544. The van der Waals surface area contributed by atoms with E-state index in [1.54, 1.807) is 6.92 Å². The van der Waals surface area contributed by atoms with Crippen LogP contribution in [0.1, 0.15) is 38.7 Å². The second-order valence-corrected chi connectivity index (χ2v) is 7.03. The van der Waals surface area contributed by atoms with Crippen molar-refractivity contribution in [3.63, 3.8) is 0 Å². The zero-order chi connectivity index (χ0) is 14.5. The molecule has 0 amide bonds. The van der Waals surface area contributed by atoms with Gasteiger partial charge >= 0.3 is 0 Å². The van der Waals surface area contributed by atoms with Crippen molar-refractivity contribution in [2.45, 2.75) is 38.6 Å². The van der Waals surface area contributed by atoms with Gasteiger partial charge in [0.15, 0.2) is 0 Å². The van der Waals surface area contributed by atoms with Gasteiger partial charge in [-0.25, -0.2) is 13.1 Å². The summed E-state index contributed by atoms with van der Waals surface area (Å²) in [5.74, 6) is -0.0643. The molecule has 1 aromatic rings. The van der Waals surface area contributed by atoms with Crippen LogP contribution in [0, 0.1) is 0 Å². The second kappa shape index (κ2) is 6.50. The number of rotatable bonds is 7. The summed E-state index contributed by atoms with van der Waals surface area (Å²) in [7, 11) is -3.42. The third-order valence-corrected chi connectivity index (χ3v) is 5.11. The fourth-order valence-corrected chi connectivity index (χ4v) is 3.73. The Balaban J connectivity index is 2.75. The van der Waals surface area contributed by atoms with Crippen molar-refractivity contribution in [1.29, 1.82) is 0 Å². The van der Waals surface area contributed by atoms with Crippen molar-refractivity contribution >= 4 is 10.0 Å². The van der Waals surface area contributed by atoms with E-state index in [-0.39, 0.29) is 18.3 Å². The van der Waals surface area contributed by atoms with Gasteiger partial charge in [0.1, 0.15) is 0 Å². The zero-order valence-electron chi connectivity index (χ0n) is 11.8. The van der Waals surface area contributed by atoms with Gasteiger partial charge in [0.2, 0.25) is 10.0 Å². The molecule has 1 rings (SSSR count). The molecule has 0 aliphatic heterocycles. The van der Waals surface area contributed by atoms with Crippen LogP contribution in [-0.2, 0) is 10.0 Å². The maximum Gasteiger partial charge on any atom is 0.212 e. The van der Waals surface area contributed by atoms with Crippen molar-refractivity contribution < 1.29 is 13.5 Å². The third-order valence-electron chi connectivity index (χ3n) is 3.37. The standard InChI is InChI=1S/C14H23NO3S/c1-4-14(3,11-16)15-19(17,18)10-12(2)13-8-6-5-7-9-13/h5-9,12,15-16H,4,10-11H2,1-3H3. The highest BCUT2D eigenvalue weighted by Gasteiger charge is 2.28. The quantitative estimate of drug-likeness (QED) is 0.803. The summed E-state index contributed by atoms with van der Waals surface area (Å²) in [4.78, 5) is 0. The van der Waals surface area contributed by atoms with Gasteiger partial charge in [-0.2, -0.15) is 0 Å². The van der Waals surface area contributed by atoms with Gasteiger partial charge in [-0.1, -0.05) is 44.2 Å². The van der Waals surface area contributed by atoms with E-state index in [0.29, 0.717) is 6.42 Å². The van der Waals surface area contributed by atoms with Crippen LogP contribution in [0.4, 0.5) is 0 Å². The van der Waals surface area contributed by atoms with Gasteiger partial charge in [-0.15, -0.1) is 0 Å². The van der Waals surface area contributed by atoms with E-state index in [9.17, 15) is 13.5 Å². The molecule has 0 saturated heterocycles. The normalized spacial score (nSPS) is 16.8. The van der Waals surface area contributed by atoms with Gasteiger partial charge in [0.25, 0.3) is 0 Å². The molecule has 0 aliphatic rings. The molecule has 0 spiro atoms. The van der Waals surface area contributed by atoms with E-state index in [0.717, 1.165) is 5.56 Å². The first kappa shape index (κ1) is 16.1. The maximum absolute atomic E-state index is 12.1. The molecule has 1 aromatic carbocycles. The highest BCUT2D eigenvalue weighted by atomic mass is 32.2. The number of hydrogen-bond acceptors (Lipinski definition) is 3. The number of sulfonamides is 1. The summed E-state index contributed by atoms with van der Waals surface area (Å²) in [5, 5.41) is 9.27. The number of aliphatic hydroxyl groups is 1. The first-order valence-corrected chi connectivity index (χ1v) is 8.14. The molecule has 0 bridgehead atoms. The number of aliphatic hydroxyl groups excluding tert-OH is 1. The summed E-state index contributed by atoms with van der Waals surface area (Å²) in [6.45, 7) is 5.23. The molecular weight excluding hydrogens is 262 g/mol. The van der Waals surface area contributed by atoms with Gasteiger partial charge in [-0.05, 0) is 24.8 Å². The lowest BCUT2D eigenvalue weighted by Crippen LogP contribution is -2.49. The SMILES string of the molecule is CCC(C)(CO)NS(=O)(=O)CC(C)c1ccccc1. The first-order chi connectivity index (χ1) is 8.82. The van der Waals surface area contributed by atoms with E-state index in [2.05, 4.69) is 4.72 Å². The van der Waals surface area contributed by atoms with Crippen LogP contribution < -0.4 is 4.72 Å². The van der Waals surface area contributed by atoms with Gasteiger partial charge in [0, 0.05) is 0 Å². The molecule has 2 unspecified atom stereocenters. The topological polar surface area (TPSA) is 66.4 Å². The van der Waals surface area contributed by atoms with Crippen LogP contribution in [0.3, 0.4) is 0 Å². The minimum atomic E-state index is -3.42. The van der Waals surface area contributed by atoms with Gasteiger partial charge in [0.05, 0.1) is 17.9 Å². The fourth-order valence-electron chi connectivity index (χ4n) is 1.84. The Labute approximate surface area is 115 Å². The Kier molecular flexibility index (Phi) is 5.52. The number of hydrogen-bond donors (Lipinski definition) is 2. The minimum Gasteiger partial charge on any atom is -0.394 e. The Bertz CT molecular complexity index is 481. The highest BCUT2D eigenvalue weighted by Crippen LogP contribution is 2.18. The Morgan fingerprint density at radius 1 is 1.32 bits per heavy atom. The van der Waals surface area contributed by atoms with E-state index in [4.69, 9.17) is 0 Å². The molecule has 0 saturated carbocycles. The van der Waals surface area contributed by atoms with Crippen LogP contribution in [0.25, 0.3) is 0 Å². The molecule has 108 valence electrons. The van der Waals surface area contributed by atoms with Gasteiger partial charge < -0.3 is 5.11 Å². The molecule has 0 fully saturated rings. The van der Waals surface area contributed by atoms with Crippen LogP contribution in [-0.4, -0.2) is 31.4 Å². The minimum absolute atomic E-state index is 0.0204. The monoisotopic (exact) mass is 285 g/mol. The van der Waals surface area contributed by atoms with Crippen molar-refractivity contribution in [1.82, 2.24) is 4.72 Å². The molecular formula is C14H23NO3S. The summed E-state index contributed by atoms with van der Waals surface area (Å²) in [5.41, 5.74) is 0.213. The molecule has 19 heavy (non-hydrogen) atoms. The highest BCUT2D eigenvalue weighted by molar-refractivity contribution is 7.89. The maximum atomic E-state index is 12.1. The zero-order valence-corrected chi connectivity index (χ0v) is 12.6. The van der Waals surface area contributed by atoms with Crippen molar-refractivity contribution in [3.05, 3.63) is 35.9 Å². The van der Waals surface area contributed by atoms with Crippen LogP contribution in [0.5, 0.6) is 0 Å². The van der Waals surface area contributed by atoms with Crippen molar-refractivity contribution in [3.8, 4) is 0 Å². The van der Waals surface area contributed by atoms with Crippen molar-refractivity contribution in [2.75, 3.05) is 12.4 Å². The molecule has 0 heterocycles. The molecule has 0 aromatic heterocycles. The predicted octanol–water partition coefficient (Wildman–Crippen LogP) is 1.87. The third kappa shape index (κ3) is 4.93. The van der Waals surface area contributed by atoms with E-state index >= 15 is 0 Å². The predicted molar refractivity (Wildman–Crippen MR) is 77.6 cm³/mol. The Hall–Kier alpha value is -0.910. The van der Waals surface area contributed by atoms with E-state index in [1.165, 1.54) is 0 Å². The van der Waals surface area contributed by atoms with Crippen LogP contribution in [0.15, 0.2) is 30.3 Å². The van der Waals surface area contributed by atoms with Gasteiger partial charge in [-0.3, -0.25) is 0 Å². The average Bonchev–Trinajstić information content (AvgIpc) is 2.38. The summed E-state index contributed by atoms with van der Waals surface area (Å²) < 4.78 is 26.8. The largest absolute Gasteiger partial charge is 0.394 e. The summed E-state index contributed by atoms with van der Waals surface area (Å²) in [6, 6.07) is 9.55. The fraction of sp³-hybridized carbons (Fsp3) is 0.571. The smallest absolute Gasteiger partial charge is 0.212 e. The number of benzene rings is 1. The molecule has 0 aliphatic carbocycles. The summed E-state index contributed by atoms with van der Waals surface area (Å²) >= 11 is 0. The molecule has 0 radical (unpaired) electrons. The second-order valence-electron chi connectivity index (χ2n) is 5.27. The molecule has 5 heteroatoms. The average molecular weight is 285 g/mol. The lowest BCUT2D eigenvalue weighted by Gasteiger charge is -2.27. The van der Waals surface area contributed by atoms with Crippen LogP contribution >= 0.6 is 0 Å². The van der Waals surface area contributed by atoms with Crippen LogP contribution in [0.2, 0.25) is 0 Å². The molecule has 4 nitrogen and oxygen atoms in total. The Morgan fingerprint density at radius 2 is 1.89 bits per heavy atom. The van der Waals surface area contributed by atoms with E-state index < -0.39 is 15.6 Å². The molecule has 2 atom stereocenters.